The summed E-state index contributed by atoms with van der Waals surface area (Å²) in [6, 6.07) is 14.8. The Morgan fingerprint density at radius 3 is 2.76 bits per heavy atom. The molecule has 0 fully saturated rings. The number of rotatable bonds is 3. The van der Waals surface area contributed by atoms with Crippen LogP contribution in [-0.4, -0.2) is 27.3 Å². The number of hydrogen-bond donors (Lipinski definition) is 1. The first kappa shape index (κ1) is 15.6. The fourth-order valence-electron chi connectivity index (χ4n) is 3.44. The summed E-state index contributed by atoms with van der Waals surface area (Å²) in [5.41, 5.74) is 4.93. The third kappa shape index (κ3) is 2.73. The van der Waals surface area contributed by atoms with Crippen LogP contribution in [0.2, 0.25) is 0 Å². The molecule has 128 valence electrons. The van der Waals surface area contributed by atoms with Gasteiger partial charge in [-0.1, -0.05) is 41.5 Å². The van der Waals surface area contributed by atoms with E-state index >= 15 is 0 Å². The molecule has 0 amide bonds. The van der Waals surface area contributed by atoms with Crippen molar-refractivity contribution in [2.45, 2.75) is 32.4 Å². The number of methoxy groups -OCH3 is 1. The molecule has 1 aliphatic rings. The third-order valence-corrected chi connectivity index (χ3v) is 4.98. The highest BCUT2D eigenvalue weighted by molar-refractivity contribution is 5.43. The number of anilines is 1. The van der Waals surface area contributed by atoms with Gasteiger partial charge in [-0.05, 0) is 53.5 Å². The maximum Gasteiger partial charge on any atom is 0.243 e. The van der Waals surface area contributed by atoms with Gasteiger partial charge in [0.25, 0.3) is 0 Å². The molecule has 3 aromatic rings. The predicted molar refractivity (Wildman–Crippen MR) is 95.8 cm³/mol. The van der Waals surface area contributed by atoms with Gasteiger partial charge in [0.2, 0.25) is 5.95 Å². The van der Waals surface area contributed by atoms with Crippen molar-refractivity contribution in [3.63, 3.8) is 0 Å². The van der Waals surface area contributed by atoms with Gasteiger partial charge < -0.3 is 10.1 Å². The Kier molecular flexibility index (Phi) is 3.87. The van der Waals surface area contributed by atoms with Gasteiger partial charge in [0.1, 0.15) is 5.75 Å². The van der Waals surface area contributed by atoms with Crippen molar-refractivity contribution in [1.29, 1.82) is 0 Å². The molecule has 2 aromatic carbocycles. The van der Waals surface area contributed by atoms with Crippen LogP contribution in [0.3, 0.4) is 0 Å². The summed E-state index contributed by atoms with van der Waals surface area (Å²) < 4.78 is 7.41. The topological polar surface area (TPSA) is 64.9 Å². The Balaban J connectivity index is 1.76. The fraction of sp³-hybridized carbons (Fsp3) is 0.316. The molecule has 6 heteroatoms. The molecular formula is C19H21N5O. The summed E-state index contributed by atoms with van der Waals surface area (Å²) >= 11 is 0. The quantitative estimate of drug-likeness (QED) is 0.794. The average Bonchev–Trinajstić information content (AvgIpc) is 3.12. The average molecular weight is 335 g/mol. The first-order valence-electron chi connectivity index (χ1n) is 8.42. The molecule has 6 nitrogen and oxygen atoms in total. The van der Waals surface area contributed by atoms with Gasteiger partial charge in [-0.3, -0.25) is 0 Å². The molecule has 0 saturated carbocycles. The number of para-hydroxylation sites is 1. The largest absolute Gasteiger partial charge is 0.496 e. The summed E-state index contributed by atoms with van der Waals surface area (Å²) in [5.74, 6) is 1.54. The van der Waals surface area contributed by atoms with E-state index in [-0.39, 0.29) is 12.1 Å². The van der Waals surface area contributed by atoms with E-state index in [2.05, 4.69) is 59.0 Å². The second-order valence-corrected chi connectivity index (χ2v) is 6.48. The molecule has 0 radical (unpaired) electrons. The van der Waals surface area contributed by atoms with Gasteiger partial charge >= 0.3 is 0 Å². The van der Waals surface area contributed by atoms with Crippen molar-refractivity contribution in [3.8, 4) is 5.75 Å². The van der Waals surface area contributed by atoms with E-state index in [0.29, 0.717) is 5.95 Å². The molecule has 0 saturated heterocycles. The van der Waals surface area contributed by atoms with Crippen LogP contribution in [0.25, 0.3) is 0 Å². The maximum absolute atomic E-state index is 5.56. The van der Waals surface area contributed by atoms with Crippen LogP contribution < -0.4 is 10.1 Å². The minimum absolute atomic E-state index is 0.0222. The van der Waals surface area contributed by atoms with Crippen molar-refractivity contribution in [1.82, 2.24) is 20.2 Å². The Hall–Kier alpha value is -2.89. The first-order chi connectivity index (χ1) is 12.2. The zero-order valence-electron chi connectivity index (χ0n) is 14.6. The molecule has 4 rings (SSSR count). The van der Waals surface area contributed by atoms with Gasteiger partial charge in [0.15, 0.2) is 0 Å². The van der Waals surface area contributed by atoms with Gasteiger partial charge in [0, 0.05) is 5.56 Å². The molecule has 25 heavy (non-hydrogen) atoms. The minimum Gasteiger partial charge on any atom is -0.496 e. The molecule has 0 spiro atoms. The van der Waals surface area contributed by atoms with Crippen molar-refractivity contribution in [2.24, 2.45) is 0 Å². The molecular weight excluding hydrogens is 314 g/mol. The standard InChI is InChI=1S/C19H21N5O/c1-12-8-9-14(10-13(12)2)16-11-17(24-19(20-16)21-22-23-24)15-6-4-5-7-18(15)25-3/h4-10,16-17H,11H2,1-3H3,(H,20,21,23)/t16-,17+/m1/s1. The van der Waals surface area contributed by atoms with E-state index < -0.39 is 0 Å². The lowest BCUT2D eigenvalue weighted by Gasteiger charge is -2.31. The van der Waals surface area contributed by atoms with Crippen LogP contribution in [0.1, 0.15) is 40.8 Å². The van der Waals surface area contributed by atoms with Gasteiger partial charge in [-0.25, -0.2) is 4.68 Å². The fourth-order valence-corrected chi connectivity index (χ4v) is 3.44. The van der Waals surface area contributed by atoms with Crippen LogP contribution in [0, 0.1) is 13.8 Å². The molecule has 2 heterocycles. The van der Waals surface area contributed by atoms with Crippen LogP contribution in [0.5, 0.6) is 5.75 Å². The summed E-state index contributed by atoms with van der Waals surface area (Å²) in [6.45, 7) is 4.27. The van der Waals surface area contributed by atoms with Crippen LogP contribution in [0.15, 0.2) is 42.5 Å². The molecule has 1 aliphatic heterocycles. The van der Waals surface area contributed by atoms with Crippen LogP contribution >= 0.6 is 0 Å². The Morgan fingerprint density at radius 1 is 1.12 bits per heavy atom. The number of nitrogens with one attached hydrogen (secondary N) is 1. The number of hydrogen-bond acceptors (Lipinski definition) is 5. The summed E-state index contributed by atoms with van der Waals surface area (Å²) in [6.07, 6.45) is 0.848. The van der Waals surface area contributed by atoms with E-state index in [1.54, 1.807) is 7.11 Å². The first-order valence-corrected chi connectivity index (χ1v) is 8.42. The second-order valence-electron chi connectivity index (χ2n) is 6.48. The Labute approximate surface area is 146 Å². The maximum atomic E-state index is 5.56. The van der Waals surface area contributed by atoms with Gasteiger partial charge in [-0.2, -0.15) is 0 Å². The number of aryl methyl sites for hydroxylation is 2. The van der Waals surface area contributed by atoms with E-state index in [0.717, 1.165) is 17.7 Å². The highest BCUT2D eigenvalue weighted by atomic mass is 16.5. The van der Waals surface area contributed by atoms with Crippen molar-refractivity contribution >= 4 is 5.95 Å². The van der Waals surface area contributed by atoms with E-state index in [1.807, 2.05) is 22.9 Å². The highest BCUT2D eigenvalue weighted by Gasteiger charge is 2.32. The molecule has 0 bridgehead atoms. The highest BCUT2D eigenvalue weighted by Crippen LogP contribution is 2.40. The molecule has 2 atom stereocenters. The Bertz CT molecular complexity index is 904. The summed E-state index contributed by atoms with van der Waals surface area (Å²) in [5, 5.41) is 15.7. The van der Waals surface area contributed by atoms with Gasteiger partial charge in [0.05, 0.1) is 19.2 Å². The number of ether oxygens (including phenoxy) is 1. The normalized spacial score (nSPS) is 19.2. The molecule has 0 unspecified atom stereocenters. The smallest absolute Gasteiger partial charge is 0.243 e. The monoisotopic (exact) mass is 335 g/mol. The minimum atomic E-state index is 0.0222. The van der Waals surface area contributed by atoms with E-state index in [4.69, 9.17) is 4.74 Å². The lowest BCUT2D eigenvalue weighted by Crippen LogP contribution is -2.28. The number of tetrazole rings is 1. The lowest BCUT2D eigenvalue weighted by molar-refractivity contribution is 0.377. The predicted octanol–water partition coefficient (Wildman–Crippen LogP) is 3.44. The van der Waals surface area contributed by atoms with Crippen molar-refractivity contribution in [3.05, 3.63) is 64.7 Å². The third-order valence-electron chi connectivity index (χ3n) is 4.98. The Morgan fingerprint density at radius 2 is 1.96 bits per heavy atom. The van der Waals surface area contributed by atoms with Crippen molar-refractivity contribution in [2.75, 3.05) is 12.4 Å². The van der Waals surface area contributed by atoms with Crippen LogP contribution in [0.4, 0.5) is 5.95 Å². The number of aromatic nitrogens is 4. The number of nitrogens with zero attached hydrogens (tertiary/aromatic N) is 4. The van der Waals surface area contributed by atoms with E-state index in [9.17, 15) is 0 Å². The number of benzene rings is 2. The van der Waals surface area contributed by atoms with Crippen molar-refractivity contribution < 1.29 is 4.74 Å². The SMILES string of the molecule is COc1ccccc1[C@@H]1C[C@H](c2ccc(C)c(C)c2)Nc2nnnn21. The van der Waals surface area contributed by atoms with Gasteiger partial charge in [-0.15, -0.1) is 0 Å². The number of fused-ring (bicyclic) bond motifs is 1. The zero-order chi connectivity index (χ0) is 17.4. The molecule has 0 aliphatic carbocycles. The summed E-state index contributed by atoms with van der Waals surface area (Å²) in [7, 11) is 1.70. The van der Waals surface area contributed by atoms with E-state index in [1.165, 1.54) is 16.7 Å². The lowest BCUT2D eigenvalue weighted by atomic mass is 9.91. The summed E-state index contributed by atoms with van der Waals surface area (Å²) in [4.78, 5) is 0. The molecule has 1 aromatic heterocycles. The second kappa shape index (κ2) is 6.20. The van der Waals surface area contributed by atoms with Crippen LogP contribution in [-0.2, 0) is 0 Å². The zero-order valence-corrected chi connectivity index (χ0v) is 14.6. The molecule has 1 N–H and O–H groups in total.